The largest absolute Gasteiger partial charge is 0.493 e. The van der Waals surface area contributed by atoms with Crippen molar-refractivity contribution in [3.8, 4) is 11.5 Å². The van der Waals surface area contributed by atoms with Gasteiger partial charge in [-0.15, -0.1) is 0 Å². The van der Waals surface area contributed by atoms with Crippen molar-refractivity contribution in [2.75, 3.05) is 33.9 Å². The van der Waals surface area contributed by atoms with Crippen LogP contribution in [-0.4, -0.2) is 44.8 Å². The fourth-order valence-electron chi connectivity index (χ4n) is 3.85. The van der Waals surface area contributed by atoms with Gasteiger partial charge in [0.2, 0.25) is 0 Å². The number of nitrogens with zero attached hydrogens (tertiary/aromatic N) is 1. The van der Waals surface area contributed by atoms with E-state index in [4.69, 9.17) is 9.47 Å². The van der Waals surface area contributed by atoms with Gasteiger partial charge < -0.3 is 20.1 Å². The van der Waals surface area contributed by atoms with Crippen molar-refractivity contribution in [3.05, 3.63) is 58.7 Å². The van der Waals surface area contributed by atoms with Gasteiger partial charge in [-0.1, -0.05) is 29.8 Å². The SMILES string of the molecule is CCNC(=O)NC[C@@H]1c2cc(OC)c(OC)cc2CCN1Cc1ccc(C)cc1. The number of rotatable bonds is 7. The number of fused-ring (bicyclic) bond motifs is 1. The Bertz CT molecular complexity index is 836. The third-order valence-electron chi connectivity index (χ3n) is 5.41. The molecular formula is C23H31N3O3. The Morgan fingerprint density at radius 2 is 1.79 bits per heavy atom. The Labute approximate surface area is 173 Å². The van der Waals surface area contributed by atoms with E-state index in [0.717, 1.165) is 25.3 Å². The molecule has 1 atom stereocenters. The maximum Gasteiger partial charge on any atom is 0.314 e. The smallest absolute Gasteiger partial charge is 0.314 e. The van der Waals surface area contributed by atoms with E-state index in [9.17, 15) is 4.79 Å². The van der Waals surface area contributed by atoms with E-state index in [2.05, 4.69) is 58.9 Å². The molecule has 0 bridgehead atoms. The molecule has 0 aromatic heterocycles. The monoisotopic (exact) mass is 397 g/mol. The van der Waals surface area contributed by atoms with Crippen molar-refractivity contribution in [1.29, 1.82) is 0 Å². The molecule has 0 spiro atoms. The fraction of sp³-hybridized carbons (Fsp3) is 0.435. The van der Waals surface area contributed by atoms with Crippen molar-refractivity contribution in [3.63, 3.8) is 0 Å². The van der Waals surface area contributed by atoms with Crippen LogP contribution in [-0.2, 0) is 13.0 Å². The molecule has 6 heteroatoms. The molecule has 1 aliphatic heterocycles. The first-order valence-corrected chi connectivity index (χ1v) is 10.1. The first kappa shape index (κ1) is 21.0. The van der Waals surface area contributed by atoms with Crippen LogP contribution < -0.4 is 20.1 Å². The number of urea groups is 1. The van der Waals surface area contributed by atoms with Gasteiger partial charge in [0.25, 0.3) is 0 Å². The lowest BCUT2D eigenvalue weighted by Gasteiger charge is -2.38. The number of aryl methyl sites for hydroxylation is 1. The van der Waals surface area contributed by atoms with Gasteiger partial charge in [-0.2, -0.15) is 0 Å². The Morgan fingerprint density at radius 3 is 2.45 bits per heavy atom. The van der Waals surface area contributed by atoms with Gasteiger partial charge >= 0.3 is 6.03 Å². The molecule has 2 aromatic rings. The molecule has 29 heavy (non-hydrogen) atoms. The summed E-state index contributed by atoms with van der Waals surface area (Å²) in [5.41, 5.74) is 4.94. The van der Waals surface area contributed by atoms with E-state index in [-0.39, 0.29) is 12.1 Å². The molecule has 1 aliphatic rings. The zero-order valence-corrected chi connectivity index (χ0v) is 17.7. The number of nitrogens with one attached hydrogen (secondary N) is 2. The van der Waals surface area contributed by atoms with Crippen molar-refractivity contribution in [2.24, 2.45) is 0 Å². The fourth-order valence-corrected chi connectivity index (χ4v) is 3.85. The first-order chi connectivity index (χ1) is 14.0. The van der Waals surface area contributed by atoms with E-state index in [0.29, 0.717) is 18.8 Å². The molecule has 0 aliphatic carbocycles. The Morgan fingerprint density at radius 1 is 1.10 bits per heavy atom. The van der Waals surface area contributed by atoms with Crippen molar-refractivity contribution < 1.29 is 14.3 Å². The summed E-state index contributed by atoms with van der Waals surface area (Å²) in [5, 5.41) is 5.83. The van der Waals surface area contributed by atoms with Crippen LogP contribution >= 0.6 is 0 Å². The molecule has 0 radical (unpaired) electrons. The number of carbonyl (C=O) groups excluding carboxylic acids is 1. The highest BCUT2D eigenvalue weighted by Crippen LogP contribution is 2.38. The van der Waals surface area contributed by atoms with E-state index in [1.54, 1.807) is 14.2 Å². The molecule has 0 unspecified atom stereocenters. The molecule has 2 N–H and O–H groups in total. The summed E-state index contributed by atoms with van der Waals surface area (Å²) in [6.07, 6.45) is 0.930. The number of amides is 2. The van der Waals surface area contributed by atoms with Gasteiger partial charge in [0.15, 0.2) is 11.5 Å². The van der Waals surface area contributed by atoms with Crippen LogP contribution in [0.1, 0.15) is 35.2 Å². The maximum atomic E-state index is 12.0. The van der Waals surface area contributed by atoms with Crippen LogP contribution in [0.4, 0.5) is 4.79 Å². The quantitative estimate of drug-likeness (QED) is 0.751. The van der Waals surface area contributed by atoms with Crippen molar-refractivity contribution in [2.45, 2.75) is 32.9 Å². The minimum atomic E-state index is -0.143. The summed E-state index contributed by atoms with van der Waals surface area (Å²) in [5.74, 6) is 1.46. The minimum absolute atomic E-state index is 0.0578. The summed E-state index contributed by atoms with van der Waals surface area (Å²) < 4.78 is 11.0. The zero-order chi connectivity index (χ0) is 20.8. The lowest BCUT2D eigenvalue weighted by Crippen LogP contribution is -2.44. The third kappa shape index (κ3) is 5.01. The zero-order valence-electron chi connectivity index (χ0n) is 17.7. The maximum absolute atomic E-state index is 12.0. The van der Waals surface area contributed by atoms with E-state index < -0.39 is 0 Å². The topological polar surface area (TPSA) is 62.8 Å². The Hall–Kier alpha value is -2.73. The average molecular weight is 398 g/mol. The van der Waals surface area contributed by atoms with Crippen molar-refractivity contribution in [1.82, 2.24) is 15.5 Å². The molecule has 0 fully saturated rings. The highest BCUT2D eigenvalue weighted by Gasteiger charge is 2.29. The van der Waals surface area contributed by atoms with Crippen LogP contribution in [0.25, 0.3) is 0 Å². The normalized spacial score (nSPS) is 16.1. The number of benzene rings is 2. The number of carbonyl (C=O) groups is 1. The summed E-state index contributed by atoms with van der Waals surface area (Å²) in [7, 11) is 3.31. The molecule has 0 saturated heterocycles. The van der Waals surface area contributed by atoms with Gasteiger partial charge in [0.05, 0.1) is 20.3 Å². The number of methoxy groups -OCH3 is 2. The summed E-state index contributed by atoms with van der Waals surface area (Å²) in [6.45, 7) is 6.88. The van der Waals surface area contributed by atoms with E-state index in [1.807, 2.05) is 6.92 Å². The average Bonchev–Trinajstić information content (AvgIpc) is 2.73. The Kier molecular flexibility index (Phi) is 6.99. The molecule has 3 rings (SSSR count). The van der Waals surface area contributed by atoms with Crippen LogP contribution in [0.15, 0.2) is 36.4 Å². The van der Waals surface area contributed by atoms with Gasteiger partial charge in [0.1, 0.15) is 0 Å². The second-order valence-corrected chi connectivity index (χ2v) is 7.37. The van der Waals surface area contributed by atoms with Gasteiger partial charge in [0, 0.05) is 26.2 Å². The third-order valence-corrected chi connectivity index (χ3v) is 5.41. The highest BCUT2D eigenvalue weighted by atomic mass is 16.5. The molecule has 2 amide bonds. The van der Waals surface area contributed by atoms with Crippen LogP contribution in [0.2, 0.25) is 0 Å². The molecule has 6 nitrogen and oxygen atoms in total. The van der Waals surface area contributed by atoms with Crippen LogP contribution in [0.3, 0.4) is 0 Å². The van der Waals surface area contributed by atoms with Gasteiger partial charge in [-0.3, -0.25) is 4.90 Å². The number of hydrogen-bond acceptors (Lipinski definition) is 4. The van der Waals surface area contributed by atoms with E-state index >= 15 is 0 Å². The molecule has 2 aromatic carbocycles. The predicted molar refractivity (Wildman–Crippen MR) is 115 cm³/mol. The number of ether oxygens (including phenoxy) is 2. The van der Waals surface area contributed by atoms with Crippen molar-refractivity contribution >= 4 is 6.03 Å². The minimum Gasteiger partial charge on any atom is -0.493 e. The lowest BCUT2D eigenvalue weighted by atomic mass is 9.91. The second-order valence-electron chi connectivity index (χ2n) is 7.37. The number of hydrogen-bond donors (Lipinski definition) is 2. The molecule has 1 heterocycles. The highest BCUT2D eigenvalue weighted by molar-refractivity contribution is 5.73. The Balaban J connectivity index is 1.89. The molecule has 0 saturated carbocycles. The van der Waals surface area contributed by atoms with Crippen LogP contribution in [0, 0.1) is 6.92 Å². The summed E-state index contributed by atoms with van der Waals surface area (Å²) >= 11 is 0. The van der Waals surface area contributed by atoms with Gasteiger partial charge in [-0.05, 0) is 49.1 Å². The second kappa shape index (κ2) is 9.65. The van der Waals surface area contributed by atoms with Crippen LogP contribution in [0.5, 0.6) is 11.5 Å². The predicted octanol–water partition coefficient (Wildman–Crippen LogP) is 3.43. The lowest BCUT2D eigenvalue weighted by molar-refractivity contribution is 0.170. The van der Waals surface area contributed by atoms with Gasteiger partial charge in [-0.25, -0.2) is 4.79 Å². The van der Waals surface area contributed by atoms with E-state index in [1.165, 1.54) is 22.3 Å². The summed E-state index contributed by atoms with van der Waals surface area (Å²) in [4.78, 5) is 14.5. The standard InChI is InChI=1S/C23H31N3O3/c1-5-24-23(27)25-14-20-19-13-22(29-4)21(28-3)12-18(19)10-11-26(20)15-17-8-6-16(2)7-9-17/h6-9,12-13,20H,5,10-11,14-15H2,1-4H3,(H2,24,25,27)/t20-/m1/s1. The molecular weight excluding hydrogens is 366 g/mol. The summed E-state index contributed by atoms with van der Waals surface area (Å²) in [6, 6.07) is 12.7. The molecule has 156 valence electrons. The first-order valence-electron chi connectivity index (χ1n) is 10.1.